The first-order chi connectivity index (χ1) is 6.83. The van der Waals surface area contributed by atoms with Crippen molar-refractivity contribution in [3.63, 3.8) is 0 Å². The Morgan fingerprint density at radius 1 is 0.571 bits per heavy atom. The Morgan fingerprint density at radius 2 is 0.929 bits per heavy atom. The summed E-state index contributed by atoms with van der Waals surface area (Å²) < 4.78 is 0. The molecule has 0 aromatic heterocycles. The minimum Gasteiger partial charge on any atom is -0.306 e. The lowest BCUT2D eigenvalue weighted by Gasteiger charge is -2.57. The maximum Gasteiger partial charge on any atom is 0.0204 e. The summed E-state index contributed by atoms with van der Waals surface area (Å²) in [7, 11) is 0. The third-order valence-corrected chi connectivity index (χ3v) is 4.83. The van der Waals surface area contributed by atoms with Crippen molar-refractivity contribution in [1.29, 1.82) is 0 Å². The lowest BCUT2D eigenvalue weighted by atomic mass is 9.67. The van der Waals surface area contributed by atoms with Gasteiger partial charge in [-0.05, 0) is 32.1 Å². The largest absolute Gasteiger partial charge is 0.306 e. The summed E-state index contributed by atoms with van der Waals surface area (Å²) in [5.74, 6) is 0. The Labute approximate surface area is 87.7 Å². The molecular formula is C13H23N. The van der Waals surface area contributed by atoms with E-state index in [9.17, 15) is 0 Å². The molecule has 2 saturated carbocycles. The number of hydrogen-bond acceptors (Lipinski definition) is 1. The molecule has 3 saturated heterocycles. The third-order valence-electron chi connectivity index (χ3n) is 4.83. The highest BCUT2D eigenvalue weighted by Crippen LogP contribution is 2.49. The van der Waals surface area contributed by atoms with Crippen LogP contribution in [0.5, 0.6) is 0 Å². The fourth-order valence-corrected chi connectivity index (χ4v) is 4.25. The smallest absolute Gasteiger partial charge is 0.0204 e. The summed E-state index contributed by atoms with van der Waals surface area (Å²) in [6.45, 7) is 0. The van der Waals surface area contributed by atoms with E-state index in [0.29, 0.717) is 11.1 Å². The number of nitrogens with one attached hydrogen (secondary N) is 1. The monoisotopic (exact) mass is 193 g/mol. The Hall–Kier alpha value is -0.0400. The van der Waals surface area contributed by atoms with E-state index < -0.39 is 0 Å². The molecule has 5 aliphatic rings. The van der Waals surface area contributed by atoms with Crippen molar-refractivity contribution in [2.24, 2.45) is 0 Å². The Bertz CT molecular complexity index is 193. The molecule has 2 bridgehead atoms. The highest BCUT2D eigenvalue weighted by Gasteiger charge is 2.53. The molecule has 0 aromatic carbocycles. The summed E-state index contributed by atoms with van der Waals surface area (Å²) in [6.07, 6.45) is 16.3. The molecule has 1 N–H and O–H groups in total. The second kappa shape index (κ2) is 3.23. The van der Waals surface area contributed by atoms with Crippen molar-refractivity contribution >= 4 is 0 Å². The van der Waals surface area contributed by atoms with Crippen LogP contribution in [0.15, 0.2) is 0 Å². The van der Waals surface area contributed by atoms with Crippen LogP contribution in [-0.4, -0.2) is 11.1 Å². The van der Waals surface area contributed by atoms with Gasteiger partial charge in [0.15, 0.2) is 0 Å². The first kappa shape index (κ1) is 9.21. The average Bonchev–Trinajstić information content (AvgIpc) is 2.30. The first-order valence-corrected chi connectivity index (χ1v) is 6.62. The predicted octanol–water partition coefficient (Wildman–Crippen LogP) is 3.39. The van der Waals surface area contributed by atoms with Crippen molar-refractivity contribution in [3.05, 3.63) is 0 Å². The molecule has 3 aliphatic heterocycles. The fourth-order valence-electron chi connectivity index (χ4n) is 4.25. The van der Waals surface area contributed by atoms with E-state index in [1.165, 1.54) is 70.6 Å². The van der Waals surface area contributed by atoms with E-state index >= 15 is 0 Å². The zero-order chi connectivity index (χ0) is 9.49. The van der Waals surface area contributed by atoms with Crippen LogP contribution < -0.4 is 5.32 Å². The number of hydrogen-bond donors (Lipinski definition) is 1. The van der Waals surface area contributed by atoms with Crippen LogP contribution in [0.4, 0.5) is 0 Å². The molecule has 80 valence electrons. The van der Waals surface area contributed by atoms with Gasteiger partial charge in [0.1, 0.15) is 0 Å². The maximum absolute atomic E-state index is 4.01. The van der Waals surface area contributed by atoms with Gasteiger partial charge in [0, 0.05) is 11.1 Å². The third kappa shape index (κ3) is 1.41. The lowest BCUT2D eigenvalue weighted by molar-refractivity contribution is 0.0340. The molecule has 5 fully saturated rings. The zero-order valence-electron chi connectivity index (χ0n) is 9.28. The molecule has 0 amide bonds. The van der Waals surface area contributed by atoms with Gasteiger partial charge in [-0.15, -0.1) is 0 Å². The van der Waals surface area contributed by atoms with E-state index in [2.05, 4.69) is 5.32 Å². The maximum atomic E-state index is 4.01. The van der Waals surface area contributed by atoms with Crippen LogP contribution in [0, 0.1) is 0 Å². The zero-order valence-corrected chi connectivity index (χ0v) is 9.28. The summed E-state index contributed by atoms with van der Waals surface area (Å²) in [5, 5.41) is 4.01. The molecule has 0 spiro atoms. The second-order valence-electron chi connectivity index (χ2n) is 5.98. The molecule has 2 unspecified atom stereocenters. The summed E-state index contributed by atoms with van der Waals surface area (Å²) in [4.78, 5) is 0. The van der Waals surface area contributed by atoms with Gasteiger partial charge >= 0.3 is 0 Å². The molecule has 2 atom stereocenters. The van der Waals surface area contributed by atoms with Crippen LogP contribution in [0.25, 0.3) is 0 Å². The van der Waals surface area contributed by atoms with Gasteiger partial charge in [0.2, 0.25) is 0 Å². The minimum atomic E-state index is 0.612. The predicted molar refractivity (Wildman–Crippen MR) is 59.4 cm³/mol. The molecule has 1 heteroatoms. The van der Waals surface area contributed by atoms with Crippen LogP contribution in [0.2, 0.25) is 0 Å². The lowest BCUT2D eigenvalue weighted by Crippen LogP contribution is -2.70. The Kier molecular flexibility index (Phi) is 2.12. The quantitative estimate of drug-likeness (QED) is 0.622. The van der Waals surface area contributed by atoms with Gasteiger partial charge in [0.25, 0.3) is 0 Å². The Balaban J connectivity index is 1.80. The van der Waals surface area contributed by atoms with Gasteiger partial charge in [-0.3, -0.25) is 0 Å². The fraction of sp³-hybridized carbons (Fsp3) is 1.00. The van der Waals surface area contributed by atoms with E-state index in [-0.39, 0.29) is 0 Å². The molecule has 14 heavy (non-hydrogen) atoms. The molecule has 2 aliphatic carbocycles. The van der Waals surface area contributed by atoms with Gasteiger partial charge in [-0.1, -0.05) is 38.5 Å². The van der Waals surface area contributed by atoms with E-state index in [4.69, 9.17) is 0 Å². The molecular weight excluding hydrogens is 170 g/mol. The van der Waals surface area contributed by atoms with Crippen molar-refractivity contribution in [3.8, 4) is 0 Å². The molecule has 0 aromatic rings. The van der Waals surface area contributed by atoms with E-state index in [0.717, 1.165) is 0 Å². The van der Waals surface area contributed by atoms with Crippen LogP contribution in [0.1, 0.15) is 70.6 Å². The van der Waals surface area contributed by atoms with Crippen LogP contribution in [0.3, 0.4) is 0 Å². The van der Waals surface area contributed by atoms with Gasteiger partial charge in [-0.2, -0.15) is 0 Å². The van der Waals surface area contributed by atoms with Gasteiger partial charge in [-0.25, -0.2) is 0 Å². The van der Waals surface area contributed by atoms with Crippen molar-refractivity contribution in [1.82, 2.24) is 5.32 Å². The van der Waals surface area contributed by atoms with Crippen molar-refractivity contribution < 1.29 is 0 Å². The van der Waals surface area contributed by atoms with Crippen LogP contribution in [-0.2, 0) is 0 Å². The summed E-state index contributed by atoms with van der Waals surface area (Å²) in [6, 6.07) is 0. The van der Waals surface area contributed by atoms with Crippen molar-refractivity contribution in [2.75, 3.05) is 0 Å². The van der Waals surface area contributed by atoms with Crippen molar-refractivity contribution in [2.45, 2.75) is 81.7 Å². The molecule has 1 nitrogen and oxygen atoms in total. The normalized spacial score (nSPS) is 48.0. The molecule has 5 rings (SSSR count). The summed E-state index contributed by atoms with van der Waals surface area (Å²) >= 11 is 0. The average molecular weight is 193 g/mol. The number of fused-ring (bicyclic) bond motifs is 8. The van der Waals surface area contributed by atoms with Crippen LogP contribution >= 0.6 is 0 Å². The Morgan fingerprint density at radius 3 is 1.36 bits per heavy atom. The topological polar surface area (TPSA) is 12.0 Å². The minimum absolute atomic E-state index is 0.612. The highest BCUT2D eigenvalue weighted by atomic mass is 15.1. The van der Waals surface area contributed by atoms with E-state index in [1.54, 1.807) is 0 Å². The highest BCUT2D eigenvalue weighted by molar-refractivity contribution is 5.14. The van der Waals surface area contributed by atoms with Gasteiger partial charge < -0.3 is 5.32 Å². The van der Waals surface area contributed by atoms with Gasteiger partial charge in [0.05, 0.1) is 0 Å². The summed E-state index contributed by atoms with van der Waals surface area (Å²) in [5.41, 5.74) is 1.22. The number of rotatable bonds is 0. The van der Waals surface area contributed by atoms with E-state index in [1.807, 2.05) is 0 Å². The molecule has 0 radical (unpaired) electrons. The second-order valence-corrected chi connectivity index (χ2v) is 5.98. The first-order valence-electron chi connectivity index (χ1n) is 6.62. The standard InChI is InChI=1S/C13H23N/c1-2-4-8-13-10-6-5-9-12(11-13,14-13)7-3-1/h14H,1-11H2. The molecule has 3 heterocycles. The SMILES string of the molecule is C1CCCC23CCCCC(CC1)(C2)N3.